The molecule has 2 heterocycles. The van der Waals surface area contributed by atoms with Gasteiger partial charge in [0.2, 0.25) is 6.29 Å². The average Bonchev–Trinajstić information content (AvgIpc) is 2.52. The van der Waals surface area contributed by atoms with Crippen LogP contribution in [-0.4, -0.2) is 12.6 Å². The van der Waals surface area contributed by atoms with Gasteiger partial charge >= 0.3 is 0 Å². The second-order valence-corrected chi connectivity index (χ2v) is 5.22. The Morgan fingerprint density at radius 2 is 1.75 bits per heavy atom. The van der Waals surface area contributed by atoms with E-state index in [4.69, 9.17) is 9.47 Å². The van der Waals surface area contributed by atoms with Crippen molar-refractivity contribution in [3.8, 4) is 5.75 Å². The largest absolute Gasteiger partial charge is 0.464 e. The van der Waals surface area contributed by atoms with Crippen molar-refractivity contribution in [2.24, 2.45) is 0 Å². The maximum atomic E-state index is 11.7. The van der Waals surface area contributed by atoms with Crippen LogP contribution in [0.2, 0.25) is 0 Å². The summed E-state index contributed by atoms with van der Waals surface area (Å²) in [5.41, 5.74) is 3.25. The van der Waals surface area contributed by atoms with E-state index in [9.17, 15) is 4.79 Å². The van der Waals surface area contributed by atoms with Crippen molar-refractivity contribution in [1.29, 1.82) is 0 Å². The van der Waals surface area contributed by atoms with Crippen LogP contribution in [0.5, 0.6) is 5.75 Å². The lowest BCUT2D eigenvalue weighted by atomic mass is 9.77. The van der Waals surface area contributed by atoms with E-state index in [2.05, 4.69) is 6.07 Å². The van der Waals surface area contributed by atoms with Gasteiger partial charge in [-0.15, -0.1) is 0 Å². The Morgan fingerprint density at radius 3 is 2.60 bits per heavy atom. The van der Waals surface area contributed by atoms with E-state index in [-0.39, 0.29) is 18.1 Å². The van der Waals surface area contributed by atoms with Crippen LogP contribution in [0.25, 0.3) is 0 Å². The molecule has 3 nitrogen and oxygen atoms in total. The minimum atomic E-state index is -0.380. The minimum absolute atomic E-state index is 0.0626. The van der Waals surface area contributed by atoms with E-state index in [0.29, 0.717) is 6.61 Å². The number of hydrogen-bond donors (Lipinski definition) is 0. The first-order valence-corrected chi connectivity index (χ1v) is 6.79. The van der Waals surface area contributed by atoms with E-state index < -0.39 is 0 Å². The molecule has 2 aliphatic heterocycles. The third-order valence-electron chi connectivity index (χ3n) is 4.17. The summed E-state index contributed by atoms with van der Waals surface area (Å²) in [6.45, 7) is 0.533. The third-order valence-corrected chi connectivity index (χ3v) is 4.17. The Morgan fingerprint density at radius 1 is 1.00 bits per heavy atom. The van der Waals surface area contributed by atoms with E-state index in [1.54, 1.807) is 0 Å². The topological polar surface area (TPSA) is 35.5 Å². The summed E-state index contributed by atoms with van der Waals surface area (Å²) in [6.07, 6.45) is 0.639. The molecule has 3 atom stereocenters. The number of hydrogen-bond acceptors (Lipinski definition) is 3. The van der Waals surface area contributed by atoms with E-state index >= 15 is 0 Å². The normalized spacial score (nSPS) is 26.7. The van der Waals surface area contributed by atoms with Crippen LogP contribution in [0.3, 0.4) is 0 Å². The van der Waals surface area contributed by atoms with Crippen LogP contribution in [0.15, 0.2) is 48.5 Å². The fourth-order valence-electron chi connectivity index (χ4n) is 3.22. The molecule has 2 aromatic carbocycles. The van der Waals surface area contributed by atoms with Gasteiger partial charge in [-0.3, -0.25) is 0 Å². The van der Waals surface area contributed by atoms with Crippen molar-refractivity contribution in [1.82, 2.24) is 0 Å². The molecular weight excluding hydrogens is 252 g/mol. The number of para-hydroxylation sites is 1. The summed E-state index contributed by atoms with van der Waals surface area (Å²) in [7, 11) is 0. The first-order chi connectivity index (χ1) is 9.88. The van der Waals surface area contributed by atoms with Crippen molar-refractivity contribution in [2.75, 3.05) is 0 Å². The van der Waals surface area contributed by atoms with Gasteiger partial charge in [0, 0.05) is 5.56 Å². The molecule has 0 bridgehead atoms. The van der Waals surface area contributed by atoms with Gasteiger partial charge in [0.25, 0.3) is 0 Å². The predicted octanol–water partition coefficient (Wildman–Crippen LogP) is 3.00. The number of ether oxygens (including phenoxy) is 2. The minimum Gasteiger partial charge on any atom is -0.464 e. The van der Waals surface area contributed by atoms with Gasteiger partial charge in [0.05, 0.1) is 18.4 Å². The smallest absolute Gasteiger partial charge is 0.208 e. The van der Waals surface area contributed by atoms with Gasteiger partial charge in [-0.05, 0) is 17.2 Å². The highest BCUT2D eigenvalue weighted by atomic mass is 16.7. The number of carbonyl (C=O) groups is 1. The summed E-state index contributed by atoms with van der Waals surface area (Å²) in [5.74, 6) is 0.476. The lowest BCUT2D eigenvalue weighted by molar-refractivity contribution is -0.135. The molecule has 0 saturated heterocycles. The van der Waals surface area contributed by atoms with E-state index in [1.807, 2.05) is 42.5 Å². The highest BCUT2D eigenvalue weighted by Gasteiger charge is 2.43. The maximum absolute atomic E-state index is 11.7. The molecule has 2 aromatic rings. The molecular formula is C17H14O3. The maximum Gasteiger partial charge on any atom is 0.208 e. The Kier molecular flexibility index (Phi) is 2.60. The van der Waals surface area contributed by atoms with Gasteiger partial charge in [-0.1, -0.05) is 42.5 Å². The second-order valence-electron chi connectivity index (χ2n) is 5.22. The summed E-state index contributed by atoms with van der Waals surface area (Å²) < 4.78 is 11.8. The fourth-order valence-corrected chi connectivity index (χ4v) is 3.22. The number of fused-ring (bicyclic) bond motifs is 4. The quantitative estimate of drug-likeness (QED) is 0.744. The number of carbonyl (C=O) groups excluding carboxylic acids is 1. The lowest BCUT2D eigenvalue weighted by Crippen LogP contribution is -2.40. The first-order valence-electron chi connectivity index (χ1n) is 6.79. The zero-order valence-electron chi connectivity index (χ0n) is 10.9. The molecule has 100 valence electrons. The Balaban J connectivity index is 1.88. The number of benzene rings is 2. The van der Waals surface area contributed by atoms with Crippen LogP contribution in [0.4, 0.5) is 0 Å². The van der Waals surface area contributed by atoms with E-state index in [1.165, 1.54) is 0 Å². The summed E-state index contributed by atoms with van der Waals surface area (Å²) in [4.78, 5) is 11.7. The molecule has 0 aromatic heterocycles. The molecule has 3 heteroatoms. The van der Waals surface area contributed by atoms with Gasteiger partial charge < -0.3 is 14.3 Å². The highest BCUT2D eigenvalue weighted by Crippen LogP contribution is 2.47. The predicted molar refractivity (Wildman–Crippen MR) is 73.6 cm³/mol. The molecule has 0 amide bonds. The van der Waals surface area contributed by atoms with Crippen molar-refractivity contribution < 1.29 is 14.3 Å². The van der Waals surface area contributed by atoms with Crippen molar-refractivity contribution in [3.05, 3.63) is 65.2 Å². The molecule has 0 radical (unpaired) electrons. The molecule has 0 saturated carbocycles. The van der Waals surface area contributed by atoms with Crippen LogP contribution >= 0.6 is 0 Å². The zero-order chi connectivity index (χ0) is 13.5. The molecule has 2 aliphatic rings. The SMILES string of the molecule is O=CC1c2ccccc2OC2OCc3ccccc3C21. The lowest BCUT2D eigenvalue weighted by Gasteiger charge is -2.40. The Bertz CT molecular complexity index is 665. The van der Waals surface area contributed by atoms with Gasteiger partial charge in [0.1, 0.15) is 12.0 Å². The second kappa shape index (κ2) is 4.46. The van der Waals surface area contributed by atoms with Crippen molar-refractivity contribution >= 4 is 6.29 Å². The Hall–Kier alpha value is -2.13. The molecule has 3 unspecified atom stereocenters. The Labute approximate surface area is 117 Å². The molecule has 20 heavy (non-hydrogen) atoms. The van der Waals surface area contributed by atoms with Crippen LogP contribution < -0.4 is 4.74 Å². The highest BCUT2D eigenvalue weighted by molar-refractivity contribution is 5.68. The summed E-state index contributed by atoms with van der Waals surface area (Å²) >= 11 is 0. The van der Waals surface area contributed by atoms with Crippen molar-refractivity contribution in [2.45, 2.75) is 24.7 Å². The van der Waals surface area contributed by atoms with Gasteiger partial charge in [-0.2, -0.15) is 0 Å². The zero-order valence-corrected chi connectivity index (χ0v) is 10.9. The number of aldehydes is 1. The van der Waals surface area contributed by atoms with Gasteiger partial charge in [0.15, 0.2) is 0 Å². The average molecular weight is 266 g/mol. The van der Waals surface area contributed by atoms with Crippen LogP contribution in [0, 0.1) is 0 Å². The molecule has 0 spiro atoms. The molecule has 0 aliphatic carbocycles. The van der Waals surface area contributed by atoms with Crippen LogP contribution in [0.1, 0.15) is 28.5 Å². The standard InChI is InChI=1S/C17H14O3/c18-9-14-13-7-3-4-8-15(13)20-17-16(14)12-6-2-1-5-11(12)10-19-17/h1-9,14,16-17H,10H2. The summed E-state index contributed by atoms with van der Waals surface area (Å²) in [6, 6.07) is 15.8. The van der Waals surface area contributed by atoms with Crippen LogP contribution in [-0.2, 0) is 16.1 Å². The molecule has 4 rings (SSSR count). The monoisotopic (exact) mass is 266 g/mol. The van der Waals surface area contributed by atoms with Gasteiger partial charge in [-0.25, -0.2) is 0 Å². The fraction of sp³-hybridized carbons (Fsp3) is 0.235. The third kappa shape index (κ3) is 1.60. The van der Waals surface area contributed by atoms with Crippen molar-refractivity contribution in [3.63, 3.8) is 0 Å². The first kappa shape index (κ1) is 11.7. The van der Waals surface area contributed by atoms with E-state index in [0.717, 1.165) is 28.7 Å². The summed E-state index contributed by atoms with van der Waals surface area (Å²) in [5, 5.41) is 0. The molecule has 0 fully saturated rings. The molecule has 0 N–H and O–H groups in total. The number of rotatable bonds is 1.